The Morgan fingerprint density at radius 1 is 1.35 bits per heavy atom. The number of rotatable bonds is 5. The maximum atomic E-state index is 13.5. The topological polar surface area (TPSA) is 52.6 Å². The minimum Gasteiger partial charge on any atom is -0.387 e. The molecule has 1 rings (SSSR count). The Kier molecular flexibility index (Phi) is 5.19. The quantitative estimate of drug-likeness (QED) is 0.858. The molecule has 0 saturated carbocycles. The van der Waals surface area contributed by atoms with E-state index in [4.69, 9.17) is 0 Å². The molecule has 1 aromatic carbocycles. The number of hydrogen-bond acceptors (Lipinski definition) is 3. The van der Waals surface area contributed by atoms with Crippen LogP contribution >= 0.6 is 0 Å². The maximum absolute atomic E-state index is 13.5. The molecular weight excluding hydrogens is 266 g/mol. The zero-order chi connectivity index (χ0) is 15.5. The van der Waals surface area contributed by atoms with Gasteiger partial charge in [-0.2, -0.15) is 0 Å². The largest absolute Gasteiger partial charge is 0.387 e. The maximum Gasteiger partial charge on any atom is 0.254 e. The number of carbonyl (C=O) groups excluding carboxylic acids is 1. The molecule has 0 saturated heterocycles. The number of aryl methyl sites for hydroxylation is 1. The van der Waals surface area contributed by atoms with Crippen molar-refractivity contribution in [3.63, 3.8) is 0 Å². The van der Waals surface area contributed by atoms with Crippen molar-refractivity contribution >= 4 is 5.91 Å². The summed E-state index contributed by atoms with van der Waals surface area (Å²) in [4.78, 5) is 13.6. The summed E-state index contributed by atoms with van der Waals surface area (Å²) in [7, 11) is 3.58. The van der Waals surface area contributed by atoms with Gasteiger partial charge in [0.25, 0.3) is 5.91 Å². The number of hydrogen-bond donors (Lipinski definition) is 2. The van der Waals surface area contributed by atoms with E-state index < -0.39 is 23.1 Å². The van der Waals surface area contributed by atoms with Gasteiger partial charge in [0.2, 0.25) is 0 Å². The lowest BCUT2D eigenvalue weighted by Gasteiger charge is -2.27. The normalized spacial score (nSPS) is 14.2. The molecule has 0 radical (unpaired) electrons. The third kappa shape index (κ3) is 4.54. The van der Waals surface area contributed by atoms with E-state index in [0.29, 0.717) is 12.6 Å². The molecule has 4 nitrogen and oxygen atoms in total. The summed E-state index contributed by atoms with van der Waals surface area (Å²) < 4.78 is 26.7. The second kappa shape index (κ2) is 6.28. The predicted molar refractivity (Wildman–Crippen MR) is 72.6 cm³/mol. The van der Waals surface area contributed by atoms with E-state index in [1.165, 1.54) is 6.92 Å². The molecule has 6 heteroatoms. The molecule has 0 aliphatic carbocycles. The van der Waals surface area contributed by atoms with Gasteiger partial charge in [-0.05, 0) is 39.6 Å². The van der Waals surface area contributed by atoms with E-state index in [2.05, 4.69) is 5.32 Å². The van der Waals surface area contributed by atoms with E-state index in [1.54, 1.807) is 25.9 Å². The Balaban J connectivity index is 2.75. The lowest BCUT2D eigenvalue weighted by atomic mass is 10.1. The van der Waals surface area contributed by atoms with Gasteiger partial charge in [-0.15, -0.1) is 0 Å². The van der Waals surface area contributed by atoms with Crippen molar-refractivity contribution in [1.29, 1.82) is 0 Å². The van der Waals surface area contributed by atoms with Gasteiger partial charge >= 0.3 is 0 Å². The first kappa shape index (κ1) is 16.5. The zero-order valence-electron chi connectivity index (χ0n) is 12.1. The Labute approximate surface area is 117 Å². The summed E-state index contributed by atoms with van der Waals surface area (Å²) in [6, 6.07) is 1.84. The molecule has 0 bridgehead atoms. The van der Waals surface area contributed by atoms with Crippen molar-refractivity contribution in [2.75, 3.05) is 27.2 Å². The lowest BCUT2D eigenvalue weighted by Crippen LogP contribution is -2.47. The molecule has 1 atom stereocenters. The summed E-state index contributed by atoms with van der Waals surface area (Å²) in [6.07, 6.45) is 0. The number of carbonyl (C=O) groups is 1. The third-order valence-corrected chi connectivity index (χ3v) is 2.78. The van der Waals surface area contributed by atoms with Gasteiger partial charge in [-0.1, -0.05) is 0 Å². The number of nitrogens with zero attached hydrogens (tertiary/aromatic N) is 1. The number of nitrogens with one attached hydrogen (secondary N) is 1. The first-order chi connectivity index (χ1) is 9.12. The number of aliphatic hydroxyl groups is 1. The van der Waals surface area contributed by atoms with E-state index in [0.717, 1.165) is 6.07 Å². The summed E-state index contributed by atoms with van der Waals surface area (Å²) in [5.41, 5.74) is -1.17. The van der Waals surface area contributed by atoms with Gasteiger partial charge in [0.1, 0.15) is 11.6 Å². The second-order valence-electron chi connectivity index (χ2n) is 5.50. The van der Waals surface area contributed by atoms with Crippen LogP contribution in [0.5, 0.6) is 0 Å². The van der Waals surface area contributed by atoms with Crippen molar-refractivity contribution in [1.82, 2.24) is 10.2 Å². The van der Waals surface area contributed by atoms with Gasteiger partial charge in [0, 0.05) is 19.2 Å². The molecule has 1 amide bonds. The second-order valence-corrected chi connectivity index (χ2v) is 5.50. The molecule has 0 heterocycles. The van der Waals surface area contributed by atoms with Crippen molar-refractivity contribution in [3.8, 4) is 0 Å². The Morgan fingerprint density at radius 2 is 1.95 bits per heavy atom. The van der Waals surface area contributed by atoms with E-state index in [-0.39, 0.29) is 17.7 Å². The number of benzene rings is 1. The number of amides is 1. The monoisotopic (exact) mass is 286 g/mol. The third-order valence-electron chi connectivity index (χ3n) is 2.78. The molecule has 0 fully saturated rings. The molecule has 1 aromatic rings. The van der Waals surface area contributed by atoms with Crippen molar-refractivity contribution in [3.05, 3.63) is 34.9 Å². The van der Waals surface area contributed by atoms with Crippen LogP contribution in [-0.4, -0.2) is 48.7 Å². The fourth-order valence-corrected chi connectivity index (χ4v) is 1.93. The predicted octanol–water partition coefficient (Wildman–Crippen LogP) is 1.32. The highest BCUT2D eigenvalue weighted by Crippen LogP contribution is 2.14. The van der Waals surface area contributed by atoms with Crippen LogP contribution in [0.15, 0.2) is 12.1 Å². The van der Waals surface area contributed by atoms with E-state index in [1.807, 2.05) is 0 Å². The summed E-state index contributed by atoms with van der Waals surface area (Å²) in [5.74, 6) is -2.29. The van der Waals surface area contributed by atoms with Crippen LogP contribution in [0.3, 0.4) is 0 Å². The van der Waals surface area contributed by atoms with Gasteiger partial charge < -0.3 is 15.3 Å². The van der Waals surface area contributed by atoms with Crippen LogP contribution in [0.4, 0.5) is 8.78 Å². The van der Waals surface area contributed by atoms with Crippen LogP contribution in [0.1, 0.15) is 22.8 Å². The highest BCUT2D eigenvalue weighted by molar-refractivity contribution is 5.94. The Morgan fingerprint density at radius 3 is 2.50 bits per heavy atom. The highest BCUT2D eigenvalue weighted by Gasteiger charge is 2.23. The highest BCUT2D eigenvalue weighted by atomic mass is 19.1. The Hall–Kier alpha value is -1.53. The van der Waals surface area contributed by atoms with Gasteiger partial charge in [0.05, 0.1) is 11.2 Å². The number of likely N-dealkylation sites (N-methyl/N-ethyl adjacent to an activating group) is 1. The van der Waals surface area contributed by atoms with Gasteiger partial charge in [0.15, 0.2) is 0 Å². The van der Waals surface area contributed by atoms with Crippen LogP contribution < -0.4 is 5.32 Å². The van der Waals surface area contributed by atoms with E-state index in [9.17, 15) is 18.7 Å². The van der Waals surface area contributed by atoms with Crippen molar-refractivity contribution < 1.29 is 18.7 Å². The summed E-state index contributed by atoms with van der Waals surface area (Å²) in [6.45, 7) is 3.34. The fraction of sp³-hybridized carbons (Fsp3) is 0.500. The molecular formula is C14H20F2N2O2. The number of halogens is 2. The molecule has 2 N–H and O–H groups in total. The summed E-state index contributed by atoms with van der Waals surface area (Å²) >= 11 is 0. The van der Waals surface area contributed by atoms with Crippen LogP contribution in [0.2, 0.25) is 0 Å². The SMILES string of the molecule is Cc1cc(C(=O)NCC(C)(O)CN(C)C)c(F)cc1F. The van der Waals surface area contributed by atoms with E-state index >= 15 is 0 Å². The molecule has 0 aliphatic rings. The van der Waals surface area contributed by atoms with Crippen molar-refractivity contribution in [2.45, 2.75) is 19.4 Å². The average Bonchev–Trinajstić information content (AvgIpc) is 2.29. The minimum absolute atomic E-state index is 0.0279. The van der Waals surface area contributed by atoms with Crippen molar-refractivity contribution in [2.24, 2.45) is 0 Å². The smallest absolute Gasteiger partial charge is 0.254 e. The first-order valence-electron chi connectivity index (χ1n) is 6.23. The van der Waals surface area contributed by atoms with Gasteiger partial charge in [-0.25, -0.2) is 8.78 Å². The average molecular weight is 286 g/mol. The van der Waals surface area contributed by atoms with Crippen LogP contribution in [-0.2, 0) is 0 Å². The van der Waals surface area contributed by atoms with Gasteiger partial charge in [-0.3, -0.25) is 4.79 Å². The standard InChI is InChI=1S/C14H20F2N2O2/c1-9-5-10(12(16)6-11(9)15)13(19)17-7-14(2,20)8-18(3)4/h5-6,20H,7-8H2,1-4H3,(H,17,19). The lowest BCUT2D eigenvalue weighted by molar-refractivity contribution is 0.0325. The fourth-order valence-electron chi connectivity index (χ4n) is 1.93. The first-order valence-corrected chi connectivity index (χ1v) is 6.23. The molecule has 1 unspecified atom stereocenters. The summed E-state index contributed by atoms with van der Waals surface area (Å²) in [5, 5.41) is 12.5. The zero-order valence-corrected chi connectivity index (χ0v) is 12.1. The molecule has 20 heavy (non-hydrogen) atoms. The molecule has 0 aliphatic heterocycles. The van der Waals surface area contributed by atoms with Crippen LogP contribution in [0.25, 0.3) is 0 Å². The molecule has 0 aromatic heterocycles. The molecule has 0 spiro atoms. The molecule has 112 valence electrons. The Bertz CT molecular complexity index is 502. The minimum atomic E-state index is -1.13. The van der Waals surface area contributed by atoms with Crippen LogP contribution in [0, 0.1) is 18.6 Å².